The van der Waals surface area contributed by atoms with E-state index in [4.69, 9.17) is 14.3 Å². The Balaban J connectivity index is 1.06. The number of carbonyl (C=O) groups excluding carboxylic acids is 2. The average molecular weight is 910 g/mol. The molecule has 20 heteroatoms. The summed E-state index contributed by atoms with van der Waals surface area (Å²) in [6, 6.07) is 29.7. The van der Waals surface area contributed by atoms with Crippen LogP contribution in [0.4, 0.5) is 11.4 Å². The molecule has 2 unspecified atom stereocenters. The maximum Gasteiger partial charge on any atom is 0.554 e. The molecule has 5 aromatic rings. The summed E-state index contributed by atoms with van der Waals surface area (Å²) in [6.07, 6.45) is 1.22. The Bertz CT molecular complexity index is 2590. The molecule has 0 radical (unpaired) electrons. The van der Waals surface area contributed by atoms with Crippen LogP contribution in [0, 0.1) is 0 Å². The van der Waals surface area contributed by atoms with Crippen LogP contribution in [0.2, 0.25) is 0 Å². The summed E-state index contributed by atoms with van der Waals surface area (Å²) in [7, 11) is -5.85. The van der Waals surface area contributed by atoms with Gasteiger partial charge in [0.1, 0.15) is 12.4 Å². The second-order valence-electron chi connectivity index (χ2n) is 14.3. The standard InChI is InChI=1S/C42H46N4O13P2S/c1-44(2)38-13-6-12-37-36(38)11-7-14-39(37)62(55,56)46(4)34-21-19-32(20-22-34)40(47)58-29-30-15-17-33(18-16-30)41(48)59-43-28-31-9-5-10-35(27-31)57-26-8-24-45(3)25-23-42(49,60(50)51)61(52,53)54/h5-7,9-22,27-28,49H,8,23-26,29H2,1-4H3,(H2-,50,51,52,53,54)/p+1/b43-28+. The lowest BCUT2D eigenvalue weighted by atomic mass is 10.1. The van der Waals surface area contributed by atoms with Crippen molar-refractivity contribution in [2.75, 3.05) is 57.1 Å². The summed E-state index contributed by atoms with van der Waals surface area (Å²) >= 11 is 0. The highest BCUT2D eigenvalue weighted by Gasteiger charge is 2.62. The number of nitrogens with zero attached hydrogens (tertiary/aromatic N) is 4. The predicted molar refractivity (Wildman–Crippen MR) is 234 cm³/mol. The van der Waals surface area contributed by atoms with Crippen LogP contribution >= 0.6 is 15.6 Å². The Morgan fingerprint density at radius 3 is 2.13 bits per heavy atom. The topological polar surface area (TPSA) is 233 Å². The zero-order valence-electron chi connectivity index (χ0n) is 34.3. The van der Waals surface area contributed by atoms with Gasteiger partial charge in [-0.15, -0.1) is 0 Å². The highest BCUT2D eigenvalue weighted by Crippen LogP contribution is 2.61. The summed E-state index contributed by atoms with van der Waals surface area (Å²) in [6.45, 7) is 0.526. The van der Waals surface area contributed by atoms with E-state index in [1.54, 1.807) is 66.5 Å². The normalized spacial score (nSPS) is 13.1. The highest BCUT2D eigenvalue weighted by atomic mass is 32.2. The monoisotopic (exact) mass is 909 g/mol. The van der Waals surface area contributed by atoms with Gasteiger partial charge in [0.05, 0.1) is 41.0 Å². The number of anilines is 2. The fourth-order valence-corrected chi connectivity index (χ4v) is 9.12. The average Bonchev–Trinajstić information content (AvgIpc) is 3.25. The largest absolute Gasteiger partial charge is 0.554 e. The summed E-state index contributed by atoms with van der Waals surface area (Å²) in [5.41, 5.74) is 2.84. The Kier molecular flexibility index (Phi) is 15.7. The van der Waals surface area contributed by atoms with Crippen LogP contribution in [-0.2, 0) is 35.3 Å². The fourth-order valence-electron chi connectivity index (χ4n) is 6.14. The lowest BCUT2D eigenvalue weighted by Crippen LogP contribution is -2.31. The van der Waals surface area contributed by atoms with Gasteiger partial charge in [-0.1, -0.05) is 53.7 Å². The van der Waals surface area contributed by atoms with Gasteiger partial charge in [0.15, 0.2) is 0 Å². The Morgan fingerprint density at radius 1 is 0.839 bits per heavy atom. The van der Waals surface area contributed by atoms with E-state index in [-0.39, 0.29) is 35.8 Å². The zero-order valence-corrected chi connectivity index (χ0v) is 36.9. The predicted octanol–water partition coefficient (Wildman–Crippen LogP) is 5.93. The molecule has 0 saturated carbocycles. The van der Waals surface area contributed by atoms with Gasteiger partial charge in [0, 0.05) is 50.7 Å². The van der Waals surface area contributed by atoms with E-state index in [2.05, 4.69) is 5.16 Å². The van der Waals surface area contributed by atoms with Crippen molar-refractivity contribution < 1.29 is 61.2 Å². The molecule has 0 spiro atoms. The Labute approximate surface area is 359 Å². The number of ether oxygens (including phenoxy) is 2. The summed E-state index contributed by atoms with van der Waals surface area (Å²) < 4.78 is 62.8. The lowest BCUT2D eigenvalue weighted by Gasteiger charge is -2.22. The van der Waals surface area contributed by atoms with Crippen LogP contribution < -0.4 is 13.9 Å². The summed E-state index contributed by atoms with van der Waals surface area (Å²) in [5, 5.41) is 12.2. The molecule has 0 aromatic heterocycles. The summed E-state index contributed by atoms with van der Waals surface area (Å²) in [5.74, 6) is -0.850. The lowest BCUT2D eigenvalue weighted by molar-refractivity contribution is 0.0469. The number of aliphatic hydroxyl groups is 1. The van der Waals surface area contributed by atoms with Crippen LogP contribution in [-0.4, -0.2) is 104 Å². The van der Waals surface area contributed by atoms with Crippen molar-refractivity contribution in [2.24, 2.45) is 5.16 Å². The van der Waals surface area contributed by atoms with Gasteiger partial charge in [0.2, 0.25) is 0 Å². The molecule has 328 valence electrons. The molecule has 2 atom stereocenters. The number of benzene rings is 5. The van der Waals surface area contributed by atoms with Crippen LogP contribution in [0.5, 0.6) is 5.75 Å². The summed E-state index contributed by atoms with van der Waals surface area (Å²) in [4.78, 5) is 62.0. The van der Waals surface area contributed by atoms with Gasteiger partial charge in [-0.2, -0.15) is 4.89 Å². The first kappa shape index (κ1) is 47.5. The van der Waals surface area contributed by atoms with Gasteiger partial charge >= 0.3 is 32.6 Å². The molecule has 0 saturated heterocycles. The van der Waals surface area contributed by atoms with Gasteiger partial charge in [-0.25, -0.2) is 18.0 Å². The molecular formula is C42H47N4O13P2S+. The van der Waals surface area contributed by atoms with Crippen molar-refractivity contribution >= 4 is 65.9 Å². The molecule has 4 N–H and O–H groups in total. The molecule has 17 nitrogen and oxygen atoms in total. The molecule has 62 heavy (non-hydrogen) atoms. The van der Waals surface area contributed by atoms with E-state index in [9.17, 15) is 46.9 Å². The number of oxime groups is 1. The number of hydrogen-bond donors (Lipinski definition) is 4. The minimum absolute atomic E-state index is 0.0465. The maximum absolute atomic E-state index is 13.8. The minimum Gasteiger partial charge on any atom is -0.494 e. The Hall–Kier alpha value is -5.55. The van der Waals surface area contributed by atoms with E-state index in [1.165, 1.54) is 54.0 Å². The molecule has 0 aliphatic heterocycles. The van der Waals surface area contributed by atoms with Crippen LogP contribution in [0.1, 0.15) is 44.7 Å². The zero-order chi connectivity index (χ0) is 45.2. The number of fused-ring (bicyclic) bond motifs is 1. The van der Waals surface area contributed by atoms with Crippen molar-refractivity contribution in [1.29, 1.82) is 0 Å². The van der Waals surface area contributed by atoms with E-state index in [0.717, 1.165) is 11.1 Å². The Morgan fingerprint density at radius 2 is 1.47 bits per heavy atom. The van der Waals surface area contributed by atoms with Crippen molar-refractivity contribution in [2.45, 2.75) is 29.4 Å². The molecule has 0 heterocycles. The van der Waals surface area contributed by atoms with E-state index < -0.39 is 49.1 Å². The second-order valence-corrected chi connectivity index (χ2v) is 19.8. The van der Waals surface area contributed by atoms with Crippen LogP contribution in [0.15, 0.2) is 119 Å². The van der Waals surface area contributed by atoms with E-state index in [1.807, 2.05) is 37.2 Å². The number of carbonyl (C=O) groups is 2. The van der Waals surface area contributed by atoms with Crippen LogP contribution in [0.25, 0.3) is 10.8 Å². The molecule has 0 bridgehead atoms. The number of esters is 1. The molecule has 0 fully saturated rings. The quantitative estimate of drug-likeness (QED) is 0.0177. The van der Waals surface area contributed by atoms with Crippen molar-refractivity contribution in [3.8, 4) is 5.75 Å². The smallest absolute Gasteiger partial charge is 0.494 e. The number of rotatable bonds is 20. The van der Waals surface area contributed by atoms with Gasteiger partial charge in [-0.3, -0.25) is 8.87 Å². The SMILES string of the molecule is CN(CCCOc1cccc(/C=N/OC(=O)c2ccc(COC(=O)c3ccc(N(C)S(=O)(=O)c4cccc5c(N(C)C)cccc45)cc3)cc2)c1)CCC(O)([P+](=O)O)P(=O)(O)O. The molecule has 5 aromatic carbocycles. The molecule has 0 aliphatic carbocycles. The third-order valence-electron chi connectivity index (χ3n) is 9.76. The number of hydrogen-bond acceptors (Lipinski definition) is 13. The second kappa shape index (κ2) is 20.5. The molecule has 0 aliphatic rings. The van der Waals surface area contributed by atoms with Gasteiger partial charge in [0.25, 0.3) is 10.0 Å². The number of sulfonamides is 1. The molecule has 5 rings (SSSR count). The van der Waals surface area contributed by atoms with Gasteiger partial charge in [-0.05, 0) is 89.8 Å². The minimum atomic E-state index is -5.23. The van der Waals surface area contributed by atoms with Crippen molar-refractivity contribution in [3.63, 3.8) is 0 Å². The van der Waals surface area contributed by atoms with Gasteiger partial charge < -0.3 is 39.0 Å². The van der Waals surface area contributed by atoms with Crippen molar-refractivity contribution in [1.82, 2.24) is 4.90 Å². The first-order valence-electron chi connectivity index (χ1n) is 19.0. The fraction of sp³-hybridized carbons (Fsp3) is 0.262. The molecular weight excluding hydrogens is 862 g/mol. The maximum atomic E-state index is 13.8. The van der Waals surface area contributed by atoms with E-state index >= 15 is 0 Å². The molecule has 0 amide bonds. The third-order valence-corrected chi connectivity index (χ3v) is 14.9. The first-order chi connectivity index (χ1) is 29.3. The van der Waals surface area contributed by atoms with Crippen molar-refractivity contribution in [3.05, 3.63) is 131 Å². The first-order valence-corrected chi connectivity index (χ1v) is 23.2. The third kappa shape index (κ3) is 11.7. The van der Waals surface area contributed by atoms with Crippen LogP contribution in [0.3, 0.4) is 0 Å². The highest BCUT2D eigenvalue weighted by molar-refractivity contribution is 7.93. The van der Waals surface area contributed by atoms with E-state index in [0.29, 0.717) is 40.9 Å².